The van der Waals surface area contributed by atoms with Crippen molar-refractivity contribution < 1.29 is 13.2 Å². The summed E-state index contributed by atoms with van der Waals surface area (Å²) >= 11 is 0. The third-order valence-corrected chi connectivity index (χ3v) is 5.57. The summed E-state index contributed by atoms with van der Waals surface area (Å²) in [6, 6.07) is 10.7. The van der Waals surface area contributed by atoms with Gasteiger partial charge in [0, 0.05) is 7.05 Å². The van der Waals surface area contributed by atoms with Gasteiger partial charge in [-0.1, -0.05) is 0 Å². The van der Waals surface area contributed by atoms with E-state index in [1.807, 2.05) is 0 Å². The second kappa shape index (κ2) is 6.10. The Kier molecular flexibility index (Phi) is 4.09. The van der Waals surface area contributed by atoms with Gasteiger partial charge in [-0.2, -0.15) is 0 Å². The van der Waals surface area contributed by atoms with Crippen molar-refractivity contribution >= 4 is 26.7 Å². The highest BCUT2D eigenvalue weighted by atomic mass is 32.2. The molecule has 0 atom stereocenters. The number of H-pyrrole nitrogens is 2. The van der Waals surface area contributed by atoms with Crippen molar-refractivity contribution in [3.8, 4) is 5.75 Å². The van der Waals surface area contributed by atoms with Crippen LogP contribution in [0.25, 0.3) is 11.0 Å². The average Bonchev–Trinajstić information content (AvgIpc) is 2.61. The zero-order valence-electron chi connectivity index (χ0n) is 13.4. The zero-order chi connectivity index (χ0) is 18.2. The normalized spacial score (nSPS) is 11.4. The highest BCUT2D eigenvalue weighted by Gasteiger charge is 2.22. The van der Waals surface area contributed by atoms with E-state index in [4.69, 9.17) is 4.74 Å². The van der Waals surface area contributed by atoms with E-state index in [2.05, 4.69) is 9.97 Å². The van der Waals surface area contributed by atoms with Crippen LogP contribution in [0.3, 0.4) is 0 Å². The Balaban J connectivity index is 2.06. The van der Waals surface area contributed by atoms with Gasteiger partial charge < -0.3 is 14.7 Å². The minimum atomic E-state index is -3.85. The van der Waals surface area contributed by atoms with Crippen LogP contribution in [0.1, 0.15) is 0 Å². The van der Waals surface area contributed by atoms with E-state index in [9.17, 15) is 18.0 Å². The molecule has 0 saturated carbocycles. The molecule has 0 bridgehead atoms. The molecule has 3 aromatic rings. The first-order valence-corrected chi connectivity index (χ1v) is 8.66. The molecule has 0 unspecified atom stereocenters. The highest BCUT2D eigenvalue weighted by molar-refractivity contribution is 7.92. The molecule has 0 radical (unpaired) electrons. The number of anilines is 1. The Labute approximate surface area is 142 Å². The molecule has 0 aliphatic rings. The van der Waals surface area contributed by atoms with E-state index in [1.54, 1.807) is 24.3 Å². The average molecular weight is 361 g/mol. The quantitative estimate of drug-likeness (QED) is 0.675. The standard InChI is InChI=1S/C16H15N3O5S/c1-19(10-3-5-11(24-2)6-4-10)25(22,23)12-7-8-13-14(9-12)18-16(21)15(20)17-13/h3-9H,1-2H3,(H,17,20)(H,18,21). The van der Waals surface area contributed by atoms with E-state index < -0.39 is 21.1 Å². The fourth-order valence-electron chi connectivity index (χ4n) is 2.34. The molecule has 2 N–H and O–H groups in total. The summed E-state index contributed by atoms with van der Waals surface area (Å²) in [6.07, 6.45) is 0. The topological polar surface area (TPSA) is 112 Å². The smallest absolute Gasteiger partial charge is 0.314 e. The van der Waals surface area contributed by atoms with Crippen LogP contribution in [0, 0.1) is 0 Å². The lowest BCUT2D eigenvalue weighted by Crippen LogP contribution is -2.29. The van der Waals surface area contributed by atoms with E-state index in [1.165, 1.54) is 32.4 Å². The first kappa shape index (κ1) is 16.8. The number of sulfonamides is 1. The molecule has 25 heavy (non-hydrogen) atoms. The molecule has 130 valence electrons. The number of benzene rings is 2. The number of methoxy groups -OCH3 is 1. The second-order valence-electron chi connectivity index (χ2n) is 5.29. The van der Waals surface area contributed by atoms with Gasteiger partial charge in [-0.15, -0.1) is 0 Å². The summed E-state index contributed by atoms with van der Waals surface area (Å²) < 4.78 is 31.8. The van der Waals surface area contributed by atoms with Crippen LogP contribution < -0.4 is 20.2 Å². The summed E-state index contributed by atoms with van der Waals surface area (Å²) in [4.78, 5) is 27.5. The number of aromatic amines is 2. The van der Waals surface area contributed by atoms with Crippen LogP contribution in [0.4, 0.5) is 5.69 Å². The molecule has 0 saturated heterocycles. The van der Waals surface area contributed by atoms with Crippen molar-refractivity contribution in [3.63, 3.8) is 0 Å². The molecule has 9 heteroatoms. The predicted molar refractivity (Wildman–Crippen MR) is 93.8 cm³/mol. The Hall–Kier alpha value is -3.07. The second-order valence-corrected chi connectivity index (χ2v) is 7.26. The van der Waals surface area contributed by atoms with Gasteiger partial charge in [0.2, 0.25) is 0 Å². The summed E-state index contributed by atoms with van der Waals surface area (Å²) in [7, 11) is -0.897. The van der Waals surface area contributed by atoms with Crippen molar-refractivity contribution in [2.75, 3.05) is 18.5 Å². The number of hydrogen-bond acceptors (Lipinski definition) is 5. The molecule has 0 aliphatic heterocycles. The lowest BCUT2D eigenvalue weighted by atomic mass is 10.3. The maximum Gasteiger partial charge on any atom is 0.314 e. The Bertz CT molecular complexity index is 1150. The lowest BCUT2D eigenvalue weighted by molar-refractivity contribution is 0.415. The van der Waals surface area contributed by atoms with Crippen LogP contribution in [-0.2, 0) is 10.0 Å². The molecular weight excluding hydrogens is 346 g/mol. The zero-order valence-corrected chi connectivity index (χ0v) is 14.3. The molecule has 2 aromatic carbocycles. The summed E-state index contributed by atoms with van der Waals surface area (Å²) in [5.41, 5.74) is -0.607. The first-order valence-electron chi connectivity index (χ1n) is 7.22. The maximum absolute atomic E-state index is 12.8. The molecular formula is C16H15N3O5S. The van der Waals surface area contributed by atoms with E-state index >= 15 is 0 Å². The summed E-state index contributed by atoms with van der Waals surface area (Å²) in [6.45, 7) is 0. The molecule has 0 amide bonds. The minimum Gasteiger partial charge on any atom is -0.497 e. The third-order valence-electron chi connectivity index (χ3n) is 3.79. The van der Waals surface area contributed by atoms with Crippen molar-refractivity contribution in [1.82, 2.24) is 9.97 Å². The number of hydrogen-bond donors (Lipinski definition) is 2. The predicted octanol–water partition coefficient (Wildman–Crippen LogP) is 1.05. The Morgan fingerprint density at radius 1 is 0.920 bits per heavy atom. The SMILES string of the molecule is COc1ccc(N(C)S(=O)(=O)c2ccc3[nH]c(=O)c(=O)[nH]c3c2)cc1. The maximum atomic E-state index is 12.8. The first-order chi connectivity index (χ1) is 11.8. The number of nitrogens with one attached hydrogen (secondary N) is 2. The van der Waals surface area contributed by atoms with Crippen LogP contribution >= 0.6 is 0 Å². The molecule has 3 rings (SSSR count). The Morgan fingerprint density at radius 2 is 1.52 bits per heavy atom. The van der Waals surface area contributed by atoms with Crippen molar-refractivity contribution in [3.05, 3.63) is 63.2 Å². The van der Waals surface area contributed by atoms with Gasteiger partial charge in [-0.3, -0.25) is 13.9 Å². The van der Waals surface area contributed by atoms with Crippen molar-refractivity contribution in [2.45, 2.75) is 4.90 Å². The van der Waals surface area contributed by atoms with Gasteiger partial charge in [-0.25, -0.2) is 8.42 Å². The molecule has 0 fully saturated rings. The molecule has 0 spiro atoms. The van der Waals surface area contributed by atoms with Gasteiger partial charge in [-0.05, 0) is 42.5 Å². The lowest BCUT2D eigenvalue weighted by Gasteiger charge is -2.20. The van der Waals surface area contributed by atoms with Crippen LogP contribution in [-0.4, -0.2) is 32.5 Å². The minimum absolute atomic E-state index is 0.0129. The van der Waals surface area contributed by atoms with Crippen molar-refractivity contribution in [2.24, 2.45) is 0 Å². The van der Waals surface area contributed by atoms with Crippen LogP contribution in [0.2, 0.25) is 0 Å². The van der Waals surface area contributed by atoms with E-state index in [-0.39, 0.29) is 10.4 Å². The monoisotopic (exact) mass is 361 g/mol. The van der Waals surface area contributed by atoms with Gasteiger partial charge in [0.1, 0.15) is 5.75 Å². The number of rotatable bonds is 4. The number of fused-ring (bicyclic) bond motifs is 1. The number of aromatic nitrogens is 2. The molecule has 1 heterocycles. The fourth-order valence-corrected chi connectivity index (χ4v) is 3.57. The molecule has 0 aliphatic carbocycles. The van der Waals surface area contributed by atoms with Gasteiger partial charge in [0.05, 0.1) is 28.7 Å². The molecule has 1 aromatic heterocycles. The fraction of sp³-hybridized carbons (Fsp3) is 0.125. The van der Waals surface area contributed by atoms with Gasteiger partial charge >= 0.3 is 11.1 Å². The largest absolute Gasteiger partial charge is 0.497 e. The van der Waals surface area contributed by atoms with Gasteiger partial charge in [0.25, 0.3) is 10.0 Å². The molecule has 8 nitrogen and oxygen atoms in total. The van der Waals surface area contributed by atoms with Crippen molar-refractivity contribution in [1.29, 1.82) is 0 Å². The Morgan fingerprint density at radius 3 is 2.12 bits per heavy atom. The number of nitrogens with zero attached hydrogens (tertiary/aromatic N) is 1. The van der Waals surface area contributed by atoms with Crippen LogP contribution in [0.5, 0.6) is 5.75 Å². The third kappa shape index (κ3) is 3.01. The summed E-state index contributed by atoms with van der Waals surface area (Å²) in [5.74, 6) is 0.613. The van der Waals surface area contributed by atoms with E-state index in [0.29, 0.717) is 17.0 Å². The summed E-state index contributed by atoms with van der Waals surface area (Å²) in [5, 5.41) is 0. The number of ether oxygens (including phenoxy) is 1. The highest BCUT2D eigenvalue weighted by Crippen LogP contribution is 2.25. The van der Waals surface area contributed by atoms with E-state index in [0.717, 1.165) is 4.31 Å². The van der Waals surface area contributed by atoms with Crippen LogP contribution in [0.15, 0.2) is 56.9 Å². The van der Waals surface area contributed by atoms with Gasteiger partial charge in [0.15, 0.2) is 0 Å².